The lowest BCUT2D eigenvalue weighted by Crippen LogP contribution is -2.42. The number of rotatable bonds is 5. The van der Waals surface area contributed by atoms with Crippen LogP contribution in [-0.2, 0) is 17.6 Å². The second kappa shape index (κ2) is 6.76. The average Bonchev–Trinajstić information content (AvgIpc) is 3.18. The molecule has 0 bridgehead atoms. The van der Waals surface area contributed by atoms with Crippen molar-refractivity contribution in [3.63, 3.8) is 0 Å². The van der Waals surface area contributed by atoms with Gasteiger partial charge in [-0.05, 0) is 55.9 Å². The van der Waals surface area contributed by atoms with Crippen LogP contribution in [0.3, 0.4) is 0 Å². The highest BCUT2D eigenvalue weighted by Crippen LogP contribution is 2.39. The zero-order chi connectivity index (χ0) is 18.3. The molecule has 1 atom stereocenters. The van der Waals surface area contributed by atoms with E-state index in [1.807, 2.05) is 26.0 Å². The van der Waals surface area contributed by atoms with Crippen molar-refractivity contribution in [2.45, 2.75) is 51.7 Å². The van der Waals surface area contributed by atoms with Gasteiger partial charge in [0, 0.05) is 17.7 Å². The lowest BCUT2D eigenvalue weighted by atomic mass is 9.74. The minimum absolute atomic E-state index is 0.0132. The molecule has 2 aliphatic rings. The van der Waals surface area contributed by atoms with Crippen molar-refractivity contribution >= 4 is 5.91 Å². The number of hydrogen-bond acceptors (Lipinski definition) is 4. The van der Waals surface area contributed by atoms with E-state index in [4.69, 9.17) is 4.74 Å². The van der Waals surface area contributed by atoms with Gasteiger partial charge in [0.05, 0.1) is 30.9 Å². The smallest absolute Gasteiger partial charge is 0.225 e. The third-order valence-electron chi connectivity index (χ3n) is 5.63. The van der Waals surface area contributed by atoms with Crippen LogP contribution in [-0.4, -0.2) is 33.9 Å². The number of carbonyl (C=O) groups excluding carboxylic acids is 1. The third-order valence-corrected chi connectivity index (χ3v) is 5.63. The Morgan fingerprint density at radius 1 is 1.42 bits per heavy atom. The number of hydrogen-bond donors (Lipinski definition) is 3. The number of H-pyrrole nitrogens is 1. The molecule has 6 nitrogen and oxygen atoms in total. The third kappa shape index (κ3) is 3.21. The minimum atomic E-state index is -0.254. The molecule has 0 radical (unpaired) electrons. The molecule has 2 heterocycles. The molecule has 0 spiro atoms. The van der Waals surface area contributed by atoms with Crippen LogP contribution in [0.1, 0.15) is 47.0 Å². The van der Waals surface area contributed by atoms with E-state index in [0.717, 1.165) is 54.1 Å². The molecule has 3 N–H and O–H groups in total. The van der Waals surface area contributed by atoms with E-state index in [2.05, 4.69) is 21.6 Å². The number of aromatic nitrogens is 2. The number of nitrogens with zero attached hydrogens (tertiary/aromatic N) is 1. The zero-order valence-corrected chi connectivity index (χ0v) is 15.2. The number of aliphatic hydroxyl groups excluding tert-OH is 1. The van der Waals surface area contributed by atoms with Crippen molar-refractivity contribution in [1.82, 2.24) is 15.5 Å². The molecular weight excluding hydrogens is 330 g/mol. The van der Waals surface area contributed by atoms with E-state index in [9.17, 15) is 9.90 Å². The molecule has 4 rings (SSSR count). The van der Waals surface area contributed by atoms with Gasteiger partial charge in [-0.2, -0.15) is 5.10 Å². The van der Waals surface area contributed by atoms with Gasteiger partial charge >= 0.3 is 0 Å². The zero-order valence-electron chi connectivity index (χ0n) is 15.2. The highest BCUT2D eigenvalue weighted by molar-refractivity contribution is 5.79. The molecule has 1 aromatic carbocycles. The second-order valence-electron chi connectivity index (χ2n) is 7.49. The SMILES string of the molecule is Cc1n[nH]c(C)c1CC(=O)N[C@H](c1ccc2c(c1)CCO2)C1CC(O)C1. The predicted molar refractivity (Wildman–Crippen MR) is 97.0 cm³/mol. The Balaban J connectivity index is 1.53. The Hall–Kier alpha value is -2.34. The van der Waals surface area contributed by atoms with Crippen molar-refractivity contribution < 1.29 is 14.6 Å². The molecule has 26 heavy (non-hydrogen) atoms. The van der Waals surface area contributed by atoms with Crippen LogP contribution < -0.4 is 10.1 Å². The van der Waals surface area contributed by atoms with Crippen LogP contribution >= 0.6 is 0 Å². The number of benzene rings is 1. The van der Waals surface area contributed by atoms with E-state index >= 15 is 0 Å². The summed E-state index contributed by atoms with van der Waals surface area (Å²) >= 11 is 0. The molecule has 1 amide bonds. The summed E-state index contributed by atoms with van der Waals surface area (Å²) in [6.07, 6.45) is 2.42. The summed E-state index contributed by atoms with van der Waals surface area (Å²) in [6.45, 7) is 4.56. The van der Waals surface area contributed by atoms with E-state index in [1.165, 1.54) is 5.56 Å². The summed E-state index contributed by atoms with van der Waals surface area (Å²) in [4.78, 5) is 12.7. The molecule has 1 saturated carbocycles. The largest absolute Gasteiger partial charge is 0.493 e. The number of aromatic amines is 1. The van der Waals surface area contributed by atoms with Crippen molar-refractivity contribution in [3.05, 3.63) is 46.3 Å². The number of carbonyl (C=O) groups is 1. The summed E-state index contributed by atoms with van der Waals surface area (Å²) in [5, 5.41) is 20.0. The topological polar surface area (TPSA) is 87.2 Å². The van der Waals surface area contributed by atoms with Crippen LogP contribution in [0.2, 0.25) is 0 Å². The Bertz CT molecular complexity index is 804. The fraction of sp³-hybridized carbons (Fsp3) is 0.500. The number of amides is 1. The minimum Gasteiger partial charge on any atom is -0.493 e. The van der Waals surface area contributed by atoms with Crippen LogP contribution in [0.25, 0.3) is 0 Å². The lowest BCUT2D eigenvalue weighted by molar-refractivity contribution is -0.122. The Morgan fingerprint density at radius 3 is 2.92 bits per heavy atom. The number of ether oxygens (including phenoxy) is 1. The van der Waals surface area contributed by atoms with Crippen molar-refractivity contribution in [2.75, 3.05) is 6.61 Å². The van der Waals surface area contributed by atoms with Gasteiger partial charge in [-0.3, -0.25) is 9.89 Å². The van der Waals surface area contributed by atoms with Gasteiger partial charge in [0.1, 0.15) is 5.75 Å². The fourth-order valence-corrected chi connectivity index (χ4v) is 3.99. The Kier molecular flexibility index (Phi) is 4.44. The van der Waals surface area contributed by atoms with Crippen LogP contribution in [0.15, 0.2) is 18.2 Å². The van der Waals surface area contributed by atoms with E-state index in [1.54, 1.807) is 0 Å². The molecule has 1 aliphatic heterocycles. The Labute approximate surface area is 153 Å². The molecule has 138 valence electrons. The quantitative estimate of drug-likeness (QED) is 0.767. The highest BCUT2D eigenvalue weighted by Gasteiger charge is 2.36. The van der Waals surface area contributed by atoms with E-state index in [-0.39, 0.29) is 24.0 Å². The molecular formula is C20H25N3O3. The molecule has 1 aliphatic carbocycles. The highest BCUT2D eigenvalue weighted by atomic mass is 16.5. The first-order valence-corrected chi connectivity index (χ1v) is 9.24. The molecule has 0 unspecified atom stereocenters. The maximum Gasteiger partial charge on any atom is 0.225 e. The average molecular weight is 355 g/mol. The van der Waals surface area contributed by atoms with Gasteiger partial charge in [-0.25, -0.2) is 0 Å². The van der Waals surface area contributed by atoms with Crippen molar-refractivity contribution in [2.24, 2.45) is 5.92 Å². The molecule has 2 aromatic rings. The van der Waals surface area contributed by atoms with Crippen LogP contribution in [0.5, 0.6) is 5.75 Å². The summed E-state index contributed by atoms with van der Waals surface area (Å²) < 4.78 is 5.59. The first-order valence-electron chi connectivity index (χ1n) is 9.24. The van der Waals surface area contributed by atoms with Gasteiger partial charge < -0.3 is 15.2 Å². The van der Waals surface area contributed by atoms with Crippen LogP contribution in [0.4, 0.5) is 0 Å². The first-order chi connectivity index (χ1) is 12.5. The summed E-state index contributed by atoms with van der Waals surface area (Å²) in [5.41, 5.74) is 5.05. The van der Waals surface area contributed by atoms with Crippen molar-refractivity contribution in [3.8, 4) is 5.75 Å². The monoisotopic (exact) mass is 355 g/mol. The number of fused-ring (bicyclic) bond motifs is 1. The number of aliphatic hydroxyl groups is 1. The van der Waals surface area contributed by atoms with E-state index in [0.29, 0.717) is 6.42 Å². The Morgan fingerprint density at radius 2 is 2.23 bits per heavy atom. The van der Waals surface area contributed by atoms with Crippen molar-refractivity contribution in [1.29, 1.82) is 0 Å². The summed E-state index contributed by atoms with van der Waals surface area (Å²) in [5.74, 6) is 1.19. The van der Waals surface area contributed by atoms with Crippen LogP contribution in [0, 0.1) is 19.8 Å². The van der Waals surface area contributed by atoms with Gasteiger partial charge in [0.2, 0.25) is 5.91 Å². The normalized spacial score (nSPS) is 22.3. The van der Waals surface area contributed by atoms with Gasteiger partial charge in [-0.15, -0.1) is 0 Å². The standard InChI is InChI=1S/C20H25N3O3/c1-11-17(12(2)23-22-11)10-19(25)21-20(15-8-16(24)9-15)14-3-4-18-13(7-14)5-6-26-18/h3-4,7,15-16,20,24H,5-6,8-10H2,1-2H3,(H,21,25)(H,22,23)/t15?,16?,20-/m1/s1. The lowest BCUT2D eigenvalue weighted by Gasteiger charge is -2.38. The fourth-order valence-electron chi connectivity index (χ4n) is 3.99. The molecule has 0 saturated heterocycles. The predicted octanol–water partition coefficient (Wildman–Crippen LogP) is 2.13. The summed E-state index contributed by atoms with van der Waals surface area (Å²) in [6, 6.07) is 6.10. The van der Waals surface area contributed by atoms with Gasteiger partial charge in [0.15, 0.2) is 0 Å². The molecule has 1 fully saturated rings. The van der Waals surface area contributed by atoms with E-state index < -0.39 is 0 Å². The maximum absolute atomic E-state index is 12.7. The summed E-state index contributed by atoms with van der Waals surface area (Å²) in [7, 11) is 0. The maximum atomic E-state index is 12.7. The molecule has 1 aromatic heterocycles. The second-order valence-corrected chi connectivity index (χ2v) is 7.49. The number of nitrogens with one attached hydrogen (secondary N) is 2. The molecule has 6 heteroatoms. The first kappa shape index (κ1) is 17.1. The van der Waals surface area contributed by atoms with Gasteiger partial charge in [0.25, 0.3) is 0 Å². The number of aryl methyl sites for hydroxylation is 2. The van der Waals surface area contributed by atoms with Gasteiger partial charge in [-0.1, -0.05) is 6.07 Å².